The first-order valence-corrected chi connectivity index (χ1v) is 8.76. The van der Waals surface area contributed by atoms with Crippen LogP contribution in [0.2, 0.25) is 0 Å². The second kappa shape index (κ2) is 8.24. The Morgan fingerprint density at radius 2 is 2.15 bits per heavy atom. The molecule has 0 bridgehead atoms. The Kier molecular flexibility index (Phi) is 5.79. The minimum absolute atomic E-state index is 0.276. The number of ether oxygens (including phenoxy) is 3. The van der Waals surface area contributed by atoms with Gasteiger partial charge in [0, 0.05) is 13.1 Å². The van der Waals surface area contributed by atoms with Crippen LogP contribution in [-0.4, -0.2) is 67.1 Å². The van der Waals surface area contributed by atoms with Crippen molar-refractivity contribution >= 4 is 34.9 Å². The molecule has 0 aromatic heterocycles. The number of amidine groups is 1. The molecule has 8 nitrogen and oxygen atoms in total. The van der Waals surface area contributed by atoms with Crippen molar-refractivity contribution in [2.75, 3.05) is 40.0 Å². The third-order valence-corrected chi connectivity index (χ3v) is 4.77. The number of aliphatic carboxylic acids is 1. The molecule has 1 saturated heterocycles. The molecule has 138 valence electrons. The molecule has 1 aromatic carbocycles. The normalized spacial score (nSPS) is 18.8. The maximum Gasteiger partial charge on any atom is 0.341 e. The molecule has 0 radical (unpaired) electrons. The van der Waals surface area contributed by atoms with Gasteiger partial charge in [-0.1, -0.05) is 6.07 Å². The average molecular weight is 378 g/mol. The van der Waals surface area contributed by atoms with Crippen molar-refractivity contribution in [3.05, 3.63) is 28.7 Å². The molecule has 9 heteroatoms. The van der Waals surface area contributed by atoms with E-state index in [0.717, 1.165) is 18.7 Å². The number of aliphatic imine (C=N–C) groups is 1. The van der Waals surface area contributed by atoms with Gasteiger partial charge in [-0.25, -0.2) is 4.79 Å². The quantitative estimate of drug-likeness (QED) is 0.769. The Labute approximate surface area is 154 Å². The van der Waals surface area contributed by atoms with Gasteiger partial charge >= 0.3 is 5.97 Å². The van der Waals surface area contributed by atoms with Gasteiger partial charge in [0.25, 0.3) is 5.91 Å². The fourth-order valence-electron chi connectivity index (χ4n) is 2.47. The number of carbonyl (C=O) groups excluding carboxylic acids is 1. The Morgan fingerprint density at radius 3 is 2.85 bits per heavy atom. The molecule has 0 aliphatic carbocycles. The number of carboxylic acids is 1. The van der Waals surface area contributed by atoms with Gasteiger partial charge in [0.2, 0.25) is 0 Å². The number of benzene rings is 1. The number of nitrogens with zero attached hydrogens (tertiary/aromatic N) is 2. The highest BCUT2D eigenvalue weighted by Gasteiger charge is 2.27. The van der Waals surface area contributed by atoms with E-state index in [-0.39, 0.29) is 5.91 Å². The Balaban J connectivity index is 1.73. The summed E-state index contributed by atoms with van der Waals surface area (Å²) in [5.41, 5.74) is 0.735. The fraction of sp³-hybridized carbons (Fsp3) is 0.353. The van der Waals surface area contributed by atoms with Crippen LogP contribution in [0.5, 0.6) is 11.5 Å². The van der Waals surface area contributed by atoms with Crippen molar-refractivity contribution in [1.29, 1.82) is 0 Å². The van der Waals surface area contributed by atoms with Gasteiger partial charge in [0.1, 0.15) is 0 Å². The summed E-state index contributed by atoms with van der Waals surface area (Å²) >= 11 is 1.33. The van der Waals surface area contributed by atoms with Crippen LogP contribution in [-0.2, 0) is 14.3 Å². The van der Waals surface area contributed by atoms with E-state index in [1.807, 2.05) is 4.90 Å². The van der Waals surface area contributed by atoms with Gasteiger partial charge in [-0.15, -0.1) is 0 Å². The first-order valence-electron chi connectivity index (χ1n) is 7.94. The van der Waals surface area contributed by atoms with Gasteiger partial charge in [-0.2, -0.15) is 4.99 Å². The molecular weight excluding hydrogens is 360 g/mol. The molecular formula is C17H18N2O6S. The monoisotopic (exact) mass is 378 g/mol. The molecule has 2 aliphatic rings. The Bertz CT molecular complexity index is 771. The van der Waals surface area contributed by atoms with Crippen LogP contribution in [0.4, 0.5) is 0 Å². The highest BCUT2D eigenvalue weighted by atomic mass is 32.2. The zero-order chi connectivity index (χ0) is 18.5. The summed E-state index contributed by atoms with van der Waals surface area (Å²) in [4.78, 5) is 29.5. The lowest BCUT2D eigenvalue weighted by Gasteiger charge is -2.27. The molecule has 2 aliphatic heterocycles. The van der Waals surface area contributed by atoms with Crippen molar-refractivity contribution in [3.8, 4) is 11.5 Å². The number of hydrogen-bond donors (Lipinski definition) is 1. The van der Waals surface area contributed by atoms with E-state index in [4.69, 9.17) is 19.3 Å². The summed E-state index contributed by atoms with van der Waals surface area (Å²) in [7, 11) is 1.47. The Morgan fingerprint density at radius 1 is 1.38 bits per heavy atom. The molecule has 0 spiro atoms. The lowest BCUT2D eigenvalue weighted by atomic mass is 10.2. The van der Waals surface area contributed by atoms with E-state index >= 15 is 0 Å². The molecule has 0 saturated carbocycles. The fourth-order valence-corrected chi connectivity index (χ4v) is 3.44. The largest absolute Gasteiger partial charge is 0.493 e. The van der Waals surface area contributed by atoms with Crippen molar-refractivity contribution in [3.63, 3.8) is 0 Å². The molecule has 26 heavy (non-hydrogen) atoms. The second-order valence-corrected chi connectivity index (χ2v) is 6.51. The number of rotatable bonds is 5. The summed E-state index contributed by atoms with van der Waals surface area (Å²) in [5, 5.41) is 9.40. The summed E-state index contributed by atoms with van der Waals surface area (Å²) in [6.07, 6.45) is 1.73. The minimum Gasteiger partial charge on any atom is -0.493 e. The molecule has 3 rings (SSSR count). The predicted molar refractivity (Wildman–Crippen MR) is 96.5 cm³/mol. The lowest BCUT2D eigenvalue weighted by Crippen LogP contribution is -2.38. The van der Waals surface area contributed by atoms with Crippen molar-refractivity contribution < 1.29 is 28.9 Å². The van der Waals surface area contributed by atoms with Gasteiger partial charge < -0.3 is 24.2 Å². The third-order valence-electron chi connectivity index (χ3n) is 3.73. The van der Waals surface area contributed by atoms with Crippen LogP contribution in [0.1, 0.15) is 5.56 Å². The molecule has 0 unspecified atom stereocenters. The zero-order valence-electron chi connectivity index (χ0n) is 14.1. The predicted octanol–water partition coefficient (Wildman–Crippen LogP) is 1.46. The number of amides is 1. The number of carboxylic acid groups (broad SMARTS) is 1. The summed E-state index contributed by atoms with van der Waals surface area (Å²) in [6.45, 7) is 2.23. The van der Waals surface area contributed by atoms with Gasteiger partial charge in [0.05, 0.1) is 25.2 Å². The van der Waals surface area contributed by atoms with Crippen LogP contribution in [0.25, 0.3) is 6.08 Å². The molecule has 1 N–H and O–H groups in total. The van der Waals surface area contributed by atoms with Crippen LogP contribution >= 0.6 is 11.8 Å². The first kappa shape index (κ1) is 18.3. The van der Waals surface area contributed by atoms with E-state index in [1.165, 1.54) is 18.9 Å². The maximum atomic E-state index is 12.2. The minimum atomic E-state index is -1.07. The van der Waals surface area contributed by atoms with Crippen molar-refractivity contribution in [2.45, 2.75) is 0 Å². The van der Waals surface area contributed by atoms with E-state index in [1.54, 1.807) is 24.3 Å². The smallest absolute Gasteiger partial charge is 0.341 e. The van der Waals surface area contributed by atoms with Crippen LogP contribution in [0, 0.1) is 0 Å². The van der Waals surface area contributed by atoms with E-state index in [2.05, 4.69) is 4.99 Å². The first-order chi connectivity index (χ1) is 12.6. The van der Waals surface area contributed by atoms with Crippen LogP contribution < -0.4 is 9.47 Å². The Hall–Kier alpha value is -2.52. The SMILES string of the molecule is COc1cc(/C=C2/SC(N3CCOCC3)=NC2=O)ccc1OCC(=O)O. The van der Waals surface area contributed by atoms with Crippen molar-refractivity contribution in [1.82, 2.24) is 4.90 Å². The van der Waals surface area contributed by atoms with Gasteiger partial charge in [-0.3, -0.25) is 4.79 Å². The van der Waals surface area contributed by atoms with E-state index in [0.29, 0.717) is 34.8 Å². The third kappa shape index (κ3) is 4.36. The summed E-state index contributed by atoms with van der Waals surface area (Å²) in [5.74, 6) is -0.626. The summed E-state index contributed by atoms with van der Waals surface area (Å²) < 4.78 is 15.7. The highest BCUT2D eigenvalue weighted by molar-refractivity contribution is 8.18. The molecule has 0 atom stereocenters. The number of morpholine rings is 1. The second-order valence-electron chi connectivity index (χ2n) is 5.50. The van der Waals surface area contributed by atoms with Gasteiger partial charge in [-0.05, 0) is 35.5 Å². The van der Waals surface area contributed by atoms with Gasteiger partial charge in [0.15, 0.2) is 23.3 Å². The number of methoxy groups -OCH3 is 1. The standard InChI is InChI=1S/C17H18N2O6S/c1-23-13-8-11(2-3-12(13)25-10-15(20)21)9-14-16(22)18-17(26-14)19-4-6-24-7-5-19/h2-3,8-9H,4-7,10H2,1H3,(H,20,21)/b14-9+. The van der Waals surface area contributed by atoms with E-state index in [9.17, 15) is 9.59 Å². The van der Waals surface area contributed by atoms with Crippen LogP contribution in [0.3, 0.4) is 0 Å². The summed E-state index contributed by atoms with van der Waals surface area (Å²) in [6, 6.07) is 5.03. The number of carbonyl (C=O) groups is 2. The molecule has 2 heterocycles. The molecule has 1 amide bonds. The topological polar surface area (TPSA) is 97.7 Å². The zero-order valence-corrected chi connectivity index (χ0v) is 15.0. The van der Waals surface area contributed by atoms with E-state index < -0.39 is 12.6 Å². The number of thioether (sulfide) groups is 1. The molecule has 1 fully saturated rings. The maximum absolute atomic E-state index is 12.2. The molecule has 1 aromatic rings. The number of hydrogen-bond acceptors (Lipinski definition) is 7. The van der Waals surface area contributed by atoms with Crippen molar-refractivity contribution in [2.24, 2.45) is 4.99 Å². The van der Waals surface area contributed by atoms with Crippen LogP contribution in [0.15, 0.2) is 28.1 Å². The highest BCUT2D eigenvalue weighted by Crippen LogP contribution is 2.33. The average Bonchev–Trinajstić information content (AvgIpc) is 3.01. The lowest BCUT2D eigenvalue weighted by molar-refractivity contribution is -0.139.